The second-order valence-electron chi connectivity index (χ2n) is 23.6. The molecule has 0 unspecified atom stereocenters. The Balaban J connectivity index is 0.796. The second kappa shape index (κ2) is 23.9. The van der Waals surface area contributed by atoms with E-state index in [4.69, 9.17) is 15.0 Å². The minimum Gasteiger partial charge on any atom is -0.310 e. The van der Waals surface area contributed by atoms with Crippen LogP contribution in [0.4, 0.5) is 34.4 Å². The quantitative estimate of drug-likeness (QED) is 0.109. The lowest BCUT2D eigenvalue weighted by Gasteiger charge is -2.26. The summed E-state index contributed by atoms with van der Waals surface area (Å²) in [5.74, 6) is 1.54. The lowest BCUT2D eigenvalue weighted by atomic mass is 9.94. The summed E-state index contributed by atoms with van der Waals surface area (Å²) in [6, 6.07) is 127. The van der Waals surface area contributed by atoms with E-state index >= 15 is 0 Å². The third-order valence-electron chi connectivity index (χ3n) is 18.0. The smallest absolute Gasteiger partial charge is 0.238 e. The van der Waals surface area contributed by atoms with Crippen LogP contribution in [0.1, 0.15) is 0 Å². The Bertz CT molecular complexity index is 5580. The summed E-state index contributed by atoms with van der Waals surface area (Å²) in [4.78, 5) is 21.2. The zero-order chi connectivity index (χ0) is 62.3. The van der Waals surface area contributed by atoms with Gasteiger partial charge in [0.2, 0.25) is 5.95 Å². The van der Waals surface area contributed by atoms with E-state index in [1.807, 2.05) is 6.07 Å². The molecule has 14 aromatic carbocycles. The molecular weight excluding hydrogens is 1140 g/mol. The van der Waals surface area contributed by atoms with Crippen LogP contribution in [0.25, 0.3) is 122 Å². The highest BCUT2D eigenvalue weighted by molar-refractivity contribution is 6.12. The summed E-state index contributed by atoms with van der Waals surface area (Å²) in [5.41, 5.74) is 22.2. The molecule has 94 heavy (non-hydrogen) atoms. The van der Waals surface area contributed by atoms with Crippen molar-refractivity contribution in [2.24, 2.45) is 0 Å². The molecule has 17 rings (SSSR count). The number of hydrogen-bond donors (Lipinski definition) is 0. The van der Waals surface area contributed by atoms with Gasteiger partial charge in [-0.05, 0) is 172 Å². The first-order chi connectivity index (χ1) is 46.6. The molecule has 0 saturated heterocycles. The maximum absolute atomic E-state index is 5.60. The molecule has 0 aliphatic carbocycles. The Morgan fingerprint density at radius 1 is 0.202 bits per heavy atom. The zero-order valence-electron chi connectivity index (χ0n) is 51.2. The normalized spacial score (nSPS) is 11.4. The molecule has 0 amide bonds. The molecule has 7 heteroatoms. The molecule has 17 aromatic rings. The maximum Gasteiger partial charge on any atom is 0.238 e. The van der Waals surface area contributed by atoms with Gasteiger partial charge >= 0.3 is 0 Å². The third kappa shape index (κ3) is 10.2. The van der Waals surface area contributed by atoms with Gasteiger partial charge < -0.3 is 14.0 Å². The molecule has 0 spiro atoms. The third-order valence-corrected chi connectivity index (χ3v) is 18.0. The monoisotopic (exact) mass is 1200 g/mol. The number of nitrogens with zero attached hydrogens (tertiary/aromatic N) is 7. The summed E-state index contributed by atoms with van der Waals surface area (Å²) in [7, 11) is 0. The number of para-hydroxylation sites is 6. The van der Waals surface area contributed by atoms with Crippen molar-refractivity contribution in [1.82, 2.24) is 24.1 Å². The highest BCUT2D eigenvalue weighted by atomic mass is 15.3. The minimum atomic E-state index is 0.474. The van der Waals surface area contributed by atoms with Crippen molar-refractivity contribution in [1.29, 1.82) is 0 Å². The van der Waals surface area contributed by atoms with Crippen molar-refractivity contribution in [3.05, 3.63) is 358 Å². The molecule has 3 aromatic heterocycles. The lowest BCUT2D eigenvalue weighted by Crippen LogP contribution is -2.15. The van der Waals surface area contributed by atoms with Crippen LogP contribution in [0.2, 0.25) is 0 Å². The second-order valence-corrected chi connectivity index (χ2v) is 23.6. The van der Waals surface area contributed by atoms with E-state index in [2.05, 4.69) is 371 Å². The molecular formula is C87H59N7. The Kier molecular flexibility index (Phi) is 14.1. The molecule has 3 heterocycles. The molecule has 0 bridgehead atoms. The molecule has 0 atom stereocenters. The SMILES string of the molecule is c1ccc(-c2ccc(-c3ccccc3)c(-c3nc(-c4cccc(N(c5ccccc5)c5ccc(-c6ccc7c(c6)c6ccccc6n7-c6ccccc6)cc5)c4)nc(N(c4ccccc4)c4ccc(-c5ccc6c(c5)c5ccccc5n6-c5ccccc5)cc4)n3)c2)cc1. The molecule has 442 valence electrons. The average Bonchev–Trinajstić information content (AvgIpc) is 1.58. The van der Waals surface area contributed by atoms with Crippen molar-refractivity contribution in [3.8, 4) is 78.7 Å². The topological polar surface area (TPSA) is 55.0 Å². The summed E-state index contributed by atoms with van der Waals surface area (Å²) in [6.07, 6.45) is 0. The molecule has 0 aliphatic heterocycles. The van der Waals surface area contributed by atoms with E-state index in [1.54, 1.807) is 0 Å². The van der Waals surface area contributed by atoms with Crippen molar-refractivity contribution < 1.29 is 0 Å². The van der Waals surface area contributed by atoms with Gasteiger partial charge in [-0.25, -0.2) is 4.98 Å². The fourth-order valence-corrected chi connectivity index (χ4v) is 13.5. The zero-order valence-corrected chi connectivity index (χ0v) is 51.2. The van der Waals surface area contributed by atoms with Gasteiger partial charge in [-0.3, -0.25) is 4.90 Å². The van der Waals surface area contributed by atoms with Gasteiger partial charge in [-0.2, -0.15) is 9.97 Å². The molecule has 0 radical (unpaired) electrons. The molecule has 0 fully saturated rings. The van der Waals surface area contributed by atoms with Crippen LogP contribution in [0, 0.1) is 0 Å². The Labute approximate surface area is 545 Å². The van der Waals surface area contributed by atoms with E-state index in [-0.39, 0.29) is 0 Å². The van der Waals surface area contributed by atoms with Gasteiger partial charge in [0.15, 0.2) is 11.6 Å². The van der Waals surface area contributed by atoms with Crippen LogP contribution in [0.3, 0.4) is 0 Å². The summed E-state index contributed by atoms with van der Waals surface area (Å²) < 4.78 is 4.72. The molecule has 0 N–H and O–H groups in total. The van der Waals surface area contributed by atoms with Gasteiger partial charge in [0, 0.05) is 72.5 Å². The fourth-order valence-electron chi connectivity index (χ4n) is 13.5. The van der Waals surface area contributed by atoms with Crippen molar-refractivity contribution in [3.63, 3.8) is 0 Å². The number of fused-ring (bicyclic) bond motifs is 6. The van der Waals surface area contributed by atoms with Crippen LogP contribution < -0.4 is 9.80 Å². The van der Waals surface area contributed by atoms with Gasteiger partial charge in [-0.15, -0.1) is 0 Å². The van der Waals surface area contributed by atoms with Crippen LogP contribution in [-0.4, -0.2) is 24.1 Å². The number of aromatic nitrogens is 5. The molecule has 7 nitrogen and oxygen atoms in total. The van der Waals surface area contributed by atoms with Gasteiger partial charge in [0.05, 0.1) is 22.1 Å². The molecule has 0 aliphatic rings. The van der Waals surface area contributed by atoms with Gasteiger partial charge in [0.25, 0.3) is 0 Å². The first-order valence-corrected chi connectivity index (χ1v) is 31.8. The van der Waals surface area contributed by atoms with Gasteiger partial charge in [-0.1, -0.05) is 231 Å². The van der Waals surface area contributed by atoms with E-state index < -0.39 is 0 Å². The average molecular weight is 1200 g/mol. The largest absolute Gasteiger partial charge is 0.310 e. The maximum atomic E-state index is 5.60. The Hall–Kier alpha value is -12.7. The number of hydrogen-bond acceptors (Lipinski definition) is 5. The first-order valence-electron chi connectivity index (χ1n) is 31.8. The van der Waals surface area contributed by atoms with Gasteiger partial charge in [0.1, 0.15) is 0 Å². The van der Waals surface area contributed by atoms with E-state index in [0.717, 1.165) is 101 Å². The van der Waals surface area contributed by atoms with Crippen LogP contribution in [0.15, 0.2) is 358 Å². The summed E-state index contributed by atoms with van der Waals surface area (Å²) >= 11 is 0. The first kappa shape index (κ1) is 55.4. The number of benzene rings is 14. The highest BCUT2D eigenvalue weighted by Crippen LogP contribution is 2.43. The minimum absolute atomic E-state index is 0.474. The van der Waals surface area contributed by atoms with Crippen molar-refractivity contribution >= 4 is 78.0 Å². The van der Waals surface area contributed by atoms with Crippen molar-refractivity contribution in [2.45, 2.75) is 0 Å². The van der Waals surface area contributed by atoms with E-state index in [0.29, 0.717) is 17.6 Å². The summed E-state index contributed by atoms with van der Waals surface area (Å²) in [5, 5.41) is 4.85. The predicted octanol–water partition coefficient (Wildman–Crippen LogP) is 23.0. The summed E-state index contributed by atoms with van der Waals surface area (Å²) in [6.45, 7) is 0. The Morgan fingerprint density at radius 3 is 1.12 bits per heavy atom. The van der Waals surface area contributed by atoms with Crippen molar-refractivity contribution in [2.75, 3.05) is 9.80 Å². The van der Waals surface area contributed by atoms with Crippen LogP contribution in [0.5, 0.6) is 0 Å². The number of rotatable bonds is 14. The fraction of sp³-hybridized carbons (Fsp3) is 0. The standard InChI is InChI=1S/C87H59N7/c1-7-24-60(25-8-1)64-46-53-75(63-26-9-2-10-27-63)80(59-64)86-88-85(89-87(90-86)92(69-31-13-4-14-32-69)73-51-44-62(45-52-73)66-48-55-84-79(58-66)77-39-20-22-41-82(77)94(84)71-35-17-6-18-36-71)67-28-23-37-74(56-67)91(68-29-11-3-12-30-68)72-49-42-61(43-50-72)65-47-54-83-78(57-65)76-38-19-21-40-81(76)93(83)70-33-15-5-16-34-70/h1-59H. The molecule has 0 saturated carbocycles. The highest BCUT2D eigenvalue weighted by Gasteiger charge is 2.24. The van der Waals surface area contributed by atoms with Crippen LogP contribution >= 0.6 is 0 Å². The lowest BCUT2D eigenvalue weighted by molar-refractivity contribution is 1.02. The number of anilines is 6. The van der Waals surface area contributed by atoms with Crippen LogP contribution in [-0.2, 0) is 0 Å². The van der Waals surface area contributed by atoms with E-state index in [9.17, 15) is 0 Å². The predicted molar refractivity (Wildman–Crippen MR) is 390 cm³/mol. The Morgan fingerprint density at radius 2 is 0.574 bits per heavy atom. The van der Waals surface area contributed by atoms with E-state index in [1.165, 1.54) is 38.1 Å².